The molecule has 0 bridgehead atoms. The van der Waals surface area contributed by atoms with Crippen LogP contribution in [0.5, 0.6) is 11.5 Å². The summed E-state index contributed by atoms with van der Waals surface area (Å²) in [6, 6.07) is 21.3. The summed E-state index contributed by atoms with van der Waals surface area (Å²) >= 11 is 5.92. The molecule has 2 amide bonds. The molecule has 0 saturated heterocycles. The van der Waals surface area contributed by atoms with Crippen LogP contribution in [0.2, 0.25) is 5.02 Å². The van der Waals surface area contributed by atoms with Gasteiger partial charge in [-0.15, -0.1) is 0 Å². The van der Waals surface area contributed by atoms with Gasteiger partial charge in [0.15, 0.2) is 0 Å². The van der Waals surface area contributed by atoms with Crippen molar-refractivity contribution in [3.05, 3.63) is 100 Å². The number of ether oxygens (including phenoxy) is 2. The Morgan fingerprint density at radius 1 is 0.943 bits per heavy atom. The fourth-order valence-electron chi connectivity index (χ4n) is 3.12. The fraction of sp³-hybridized carbons (Fsp3) is 0.185. The molecule has 3 aromatic rings. The van der Waals surface area contributed by atoms with E-state index in [1.807, 2.05) is 24.3 Å². The summed E-state index contributed by atoms with van der Waals surface area (Å²) in [6.07, 6.45) is 2.27. The molecule has 7 nitrogen and oxygen atoms in total. The van der Waals surface area contributed by atoms with Crippen molar-refractivity contribution in [2.45, 2.75) is 6.42 Å². The zero-order valence-corrected chi connectivity index (χ0v) is 20.0. The molecule has 0 spiro atoms. The summed E-state index contributed by atoms with van der Waals surface area (Å²) in [4.78, 5) is 25.3. The summed E-state index contributed by atoms with van der Waals surface area (Å²) in [6.45, 7) is 0.333. The minimum atomic E-state index is -0.513. The van der Waals surface area contributed by atoms with Crippen molar-refractivity contribution in [2.24, 2.45) is 0 Å². The smallest absolute Gasteiger partial charge is 0.267 e. The third kappa shape index (κ3) is 8.17. The maximum Gasteiger partial charge on any atom is 0.267 e. The summed E-state index contributed by atoms with van der Waals surface area (Å²) < 4.78 is 10.9. The first-order chi connectivity index (χ1) is 17.0. The largest absolute Gasteiger partial charge is 0.497 e. The van der Waals surface area contributed by atoms with Crippen LogP contribution in [0.3, 0.4) is 0 Å². The monoisotopic (exact) mass is 494 g/mol. The molecule has 0 fully saturated rings. The number of hydrogen-bond donors (Lipinski definition) is 3. The normalized spacial score (nSPS) is 11.0. The van der Waals surface area contributed by atoms with E-state index in [-0.39, 0.29) is 18.8 Å². The third-order valence-electron chi connectivity index (χ3n) is 5.01. The van der Waals surface area contributed by atoms with Gasteiger partial charge in [0.2, 0.25) is 0 Å². The average Bonchev–Trinajstić information content (AvgIpc) is 2.89. The summed E-state index contributed by atoms with van der Waals surface area (Å²) in [7, 11) is 1.63. The van der Waals surface area contributed by atoms with E-state index in [2.05, 4.69) is 10.6 Å². The molecule has 0 aliphatic heterocycles. The molecule has 3 rings (SSSR count). The van der Waals surface area contributed by atoms with E-state index >= 15 is 0 Å². The van der Waals surface area contributed by atoms with Crippen LogP contribution in [0.15, 0.2) is 78.5 Å². The minimum absolute atomic E-state index is 0.0468. The fourth-order valence-corrected chi connectivity index (χ4v) is 3.25. The van der Waals surface area contributed by atoms with Gasteiger partial charge >= 0.3 is 0 Å². The molecular formula is C27H27ClN2O5. The lowest BCUT2D eigenvalue weighted by Crippen LogP contribution is -2.36. The van der Waals surface area contributed by atoms with Crippen LogP contribution in [-0.2, 0) is 11.2 Å². The average molecular weight is 495 g/mol. The Morgan fingerprint density at radius 3 is 2.23 bits per heavy atom. The SMILES string of the molecule is COc1ccc(CCOc2ccc(C(=O)NC(=Cc3ccc(Cl)cc3)C(=O)NCCO)cc2)cc1. The topological polar surface area (TPSA) is 96.9 Å². The first kappa shape index (κ1) is 25.8. The lowest BCUT2D eigenvalue weighted by Gasteiger charge is -2.11. The minimum Gasteiger partial charge on any atom is -0.497 e. The highest BCUT2D eigenvalue weighted by molar-refractivity contribution is 6.30. The second-order valence-electron chi connectivity index (χ2n) is 7.51. The summed E-state index contributed by atoms with van der Waals surface area (Å²) in [5.41, 5.74) is 2.22. The predicted molar refractivity (Wildman–Crippen MR) is 136 cm³/mol. The van der Waals surface area contributed by atoms with Gasteiger partial charge in [-0.2, -0.15) is 0 Å². The van der Waals surface area contributed by atoms with Gasteiger partial charge in [0.25, 0.3) is 11.8 Å². The van der Waals surface area contributed by atoms with Crippen LogP contribution in [0, 0.1) is 0 Å². The molecule has 0 unspecified atom stereocenters. The Labute approximate surface area is 209 Å². The number of nitrogens with one attached hydrogen (secondary N) is 2. The van der Waals surface area contributed by atoms with Gasteiger partial charge < -0.3 is 25.2 Å². The van der Waals surface area contributed by atoms with E-state index in [0.717, 1.165) is 17.7 Å². The number of amides is 2. The number of methoxy groups -OCH3 is 1. The molecule has 0 atom stereocenters. The predicted octanol–water partition coefficient (Wildman–Crippen LogP) is 3.85. The molecular weight excluding hydrogens is 468 g/mol. The second-order valence-corrected chi connectivity index (χ2v) is 7.95. The zero-order chi connectivity index (χ0) is 25.0. The molecule has 3 N–H and O–H groups in total. The highest BCUT2D eigenvalue weighted by Crippen LogP contribution is 2.16. The number of benzene rings is 3. The Hall–Kier alpha value is -3.81. The van der Waals surface area contributed by atoms with E-state index in [1.165, 1.54) is 6.08 Å². The number of carbonyl (C=O) groups excluding carboxylic acids is 2. The number of carbonyl (C=O) groups is 2. The Morgan fingerprint density at radius 2 is 1.60 bits per heavy atom. The number of halogens is 1. The first-order valence-corrected chi connectivity index (χ1v) is 11.4. The molecule has 3 aromatic carbocycles. The van der Waals surface area contributed by atoms with E-state index in [0.29, 0.717) is 28.5 Å². The second kappa shape index (κ2) is 13.2. The van der Waals surface area contributed by atoms with Crippen molar-refractivity contribution in [1.82, 2.24) is 10.6 Å². The van der Waals surface area contributed by atoms with E-state index in [4.69, 9.17) is 26.2 Å². The van der Waals surface area contributed by atoms with Crippen LogP contribution in [0.1, 0.15) is 21.5 Å². The molecule has 0 heterocycles. The van der Waals surface area contributed by atoms with Crippen molar-refractivity contribution in [1.29, 1.82) is 0 Å². The molecule has 8 heteroatoms. The van der Waals surface area contributed by atoms with Crippen molar-refractivity contribution in [3.63, 3.8) is 0 Å². The van der Waals surface area contributed by atoms with Gasteiger partial charge in [-0.25, -0.2) is 0 Å². The van der Waals surface area contributed by atoms with E-state index in [1.54, 1.807) is 55.6 Å². The quantitative estimate of drug-likeness (QED) is 0.352. The van der Waals surface area contributed by atoms with Crippen molar-refractivity contribution < 1.29 is 24.2 Å². The van der Waals surface area contributed by atoms with Crippen molar-refractivity contribution in [2.75, 3.05) is 26.9 Å². The van der Waals surface area contributed by atoms with Gasteiger partial charge in [-0.05, 0) is 65.7 Å². The van der Waals surface area contributed by atoms with Gasteiger partial charge in [-0.1, -0.05) is 35.9 Å². The number of aliphatic hydroxyl groups is 1. The molecule has 0 radical (unpaired) electrons. The summed E-state index contributed by atoms with van der Waals surface area (Å²) in [5.74, 6) is 0.475. The Kier molecular flexibility index (Phi) is 9.71. The number of aliphatic hydroxyl groups excluding tert-OH is 1. The Balaban J connectivity index is 1.61. The zero-order valence-electron chi connectivity index (χ0n) is 19.3. The lowest BCUT2D eigenvalue weighted by atomic mass is 10.1. The highest BCUT2D eigenvalue weighted by Gasteiger charge is 2.14. The molecule has 0 aromatic heterocycles. The van der Waals surface area contributed by atoms with Crippen LogP contribution in [0.25, 0.3) is 6.08 Å². The first-order valence-electron chi connectivity index (χ1n) is 11.0. The van der Waals surface area contributed by atoms with Crippen LogP contribution < -0.4 is 20.1 Å². The van der Waals surface area contributed by atoms with Crippen molar-refractivity contribution >= 4 is 29.5 Å². The Bertz CT molecular complexity index is 1140. The van der Waals surface area contributed by atoms with Gasteiger partial charge in [0.05, 0.1) is 20.3 Å². The van der Waals surface area contributed by atoms with Crippen LogP contribution >= 0.6 is 11.6 Å². The molecule has 35 heavy (non-hydrogen) atoms. The maximum atomic E-state index is 12.8. The number of hydrogen-bond acceptors (Lipinski definition) is 5. The highest BCUT2D eigenvalue weighted by atomic mass is 35.5. The maximum absolute atomic E-state index is 12.8. The van der Waals surface area contributed by atoms with Crippen molar-refractivity contribution in [3.8, 4) is 11.5 Å². The standard InChI is InChI=1S/C27H27ClN2O5/c1-34-23-10-4-19(5-11-23)14-17-35-24-12-6-21(7-13-24)26(32)30-25(27(33)29-15-16-31)18-20-2-8-22(28)9-3-20/h2-13,18,31H,14-17H2,1H3,(H,29,33)(H,30,32). The molecule has 0 saturated carbocycles. The van der Waals surface area contributed by atoms with Gasteiger partial charge in [0, 0.05) is 23.6 Å². The van der Waals surface area contributed by atoms with Crippen LogP contribution in [-0.4, -0.2) is 43.8 Å². The molecule has 0 aliphatic rings. The van der Waals surface area contributed by atoms with E-state index < -0.39 is 11.8 Å². The molecule has 0 aliphatic carbocycles. The van der Waals surface area contributed by atoms with Crippen LogP contribution in [0.4, 0.5) is 0 Å². The summed E-state index contributed by atoms with van der Waals surface area (Å²) in [5, 5.41) is 14.7. The van der Waals surface area contributed by atoms with E-state index in [9.17, 15) is 9.59 Å². The third-order valence-corrected chi connectivity index (χ3v) is 5.26. The number of rotatable bonds is 11. The van der Waals surface area contributed by atoms with Gasteiger partial charge in [-0.3, -0.25) is 9.59 Å². The lowest BCUT2D eigenvalue weighted by molar-refractivity contribution is -0.117. The van der Waals surface area contributed by atoms with Gasteiger partial charge in [0.1, 0.15) is 17.2 Å². The molecule has 182 valence electrons.